The Hall–Kier alpha value is -0.970. The fourth-order valence-electron chi connectivity index (χ4n) is 1.52. The number of thioether (sulfide) groups is 1. The van der Waals surface area contributed by atoms with Crippen molar-refractivity contribution in [2.75, 3.05) is 30.0 Å². The Morgan fingerprint density at radius 1 is 1.29 bits per heavy atom. The predicted octanol–water partition coefficient (Wildman–Crippen LogP) is 2.84. The summed E-state index contributed by atoms with van der Waals surface area (Å²) in [7, 11) is 0. The first-order chi connectivity index (χ1) is 8.31. The van der Waals surface area contributed by atoms with Crippen LogP contribution < -0.4 is 10.6 Å². The number of hydrogen-bond acceptors (Lipinski definition) is 5. The van der Waals surface area contributed by atoms with Crippen molar-refractivity contribution in [1.29, 1.82) is 0 Å². The number of nitrogens with zero attached hydrogens (tertiary/aromatic N) is 2. The van der Waals surface area contributed by atoms with Gasteiger partial charge in [0.15, 0.2) is 5.16 Å². The molecule has 5 heteroatoms. The second-order valence-corrected chi connectivity index (χ2v) is 5.15. The Balaban J connectivity index is 2.00. The van der Waals surface area contributed by atoms with Gasteiger partial charge >= 0.3 is 0 Å². The molecule has 4 nitrogen and oxygen atoms in total. The summed E-state index contributed by atoms with van der Waals surface area (Å²) in [6, 6.07) is 2.00. The number of aromatic nitrogens is 2. The molecule has 0 aliphatic heterocycles. The Labute approximate surface area is 107 Å². The Kier molecular flexibility index (Phi) is 4.48. The van der Waals surface area contributed by atoms with E-state index in [-0.39, 0.29) is 0 Å². The maximum Gasteiger partial charge on any atom is 0.191 e. The van der Waals surface area contributed by atoms with Crippen LogP contribution in [0.15, 0.2) is 11.2 Å². The fraction of sp³-hybridized carbons (Fsp3) is 0.667. The molecule has 0 atom stereocenters. The van der Waals surface area contributed by atoms with Gasteiger partial charge < -0.3 is 10.6 Å². The molecule has 1 aromatic heterocycles. The van der Waals surface area contributed by atoms with E-state index in [0.29, 0.717) is 0 Å². The molecule has 0 aromatic carbocycles. The van der Waals surface area contributed by atoms with Crippen LogP contribution in [0.5, 0.6) is 0 Å². The molecule has 0 unspecified atom stereocenters. The highest BCUT2D eigenvalue weighted by Gasteiger charge is 2.20. The summed E-state index contributed by atoms with van der Waals surface area (Å²) in [5, 5.41) is 7.53. The van der Waals surface area contributed by atoms with E-state index < -0.39 is 0 Å². The molecular weight excluding hydrogens is 232 g/mol. The molecule has 94 valence electrons. The second kappa shape index (κ2) is 6.10. The molecule has 17 heavy (non-hydrogen) atoms. The van der Waals surface area contributed by atoms with Gasteiger partial charge in [-0.1, -0.05) is 18.7 Å². The molecule has 0 bridgehead atoms. The van der Waals surface area contributed by atoms with E-state index in [0.717, 1.165) is 42.2 Å². The van der Waals surface area contributed by atoms with Crippen LogP contribution in [0.4, 0.5) is 11.6 Å². The fourth-order valence-corrected chi connectivity index (χ4v) is 1.90. The van der Waals surface area contributed by atoms with E-state index in [4.69, 9.17) is 0 Å². The molecule has 1 aromatic rings. The molecular formula is C12H20N4S. The van der Waals surface area contributed by atoms with Gasteiger partial charge in [-0.05, 0) is 31.4 Å². The molecule has 2 N–H and O–H groups in total. The molecule has 1 aliphatic rings. The average Bonchev–Trinajstić information content (AvgIpc) is 3.17. The number of rotatable bonds is 7. The van der Waals surface area contributed by atoms with Crippen molar-refractivity contribution < 1.29 is 0 Å². The molecule has 0 amide bonds. The SMILES string of the molecule is CCCNc1cc(NCC2CC2)nc(SC)n1. The van der Waals surface area contributed by atoms with Crippen LogP contribution in [0.25, 0.3) is 0 Å². The third-order valence-electron chi connectivity index (χ3n) is 2.71. The zero-order chi connectivity index (χ0) is 12.1. The van der Waals surface area contributed by atoms with E-state index in [1.165, 1.54) is 12.8 Å². The molecule has 0 saturated heterocycles. The van der Waals surface area contributed by atoms with Crippen molar-refractivity contribution in [3.63, 3.8) is 0 Å². The highest BCUT2D eigenvalue weighted by atomic mass is 32.2. The Bertz CT molecular complexity index is 366. The Morgan fingerprint density at radius 3 is 2.59 bits per heavy atom. The first kappa shape index (κ1) is 12.5. The maximum absolute atomic E-state index is 4.46. The lowest BCUT2D eigenvalue weighted by molar-refractivity contribution is 0.866. The van der Waals surface area contributed by atoms with Crippen LogP contribution in [0.3, 0.4) is 0 Å². The quantitative estimate of drug-likeness (QED) is 0.577. The monoisotopic (exact) mass is 252 g/mol. The third kappa shape index (κ3) is 4.07. The van der Waals surface area contributed by atoms with Crippen LogP contribution >= 0.6 is 11.8 Å². The zero-order valence-corrected chi connectivity index (χ0v) is 11.3. The lowest BCUT2D eigenvalue weighted by Crippen LogP contribution is -2.08. The summed E-state index contributed by atoms with van der Waals surface area (Å²) >= 11 is 1.58. The van der Waals surface area contributed by atoms with E-state index in [1.807, 2.05) is 12.3 Å². The summed E-state index contributed by atoms with van der Waals surface area (Å²) < 4.78 is 0. The van der Waals surface area contributed by atoms with Gasteiger partial charge in [0.2, 0.25) is 0 Å². The number of hydrogen-bond donors (Lipinski definition) is 2. The molecule has 1 aliphatic carbocycles. The largest absolute Gasteiger partial charge is 0.370 e. The number of nitrogens with one attached hydrogen (secondary N) is 2. The van der Waals surface area contributed by atoms with E-state index >= 15 is 0 Å². The van der Waals surface area contributed by atoms with Gasteiger partial charge in [0.1, 0.15) is 11.6 Å². The summed E-state index contributed by atoms with van der Waals surface area (Å²) in [5.74, 6) is 2.72. The van der Waals surface area contributed by atoms with E-state index in [2.05, 4.69) is 27.5 Å². The molecule has 1 fully saturated rings. The minimum Gasteiger partial charge on any atom is -0.370 e. The van der Waals surface area contributed by atoms with Crippen molar-refractivity contribution in [2.45, 2.75) is 31.3 Å². The summed E-state index contributed by atoms with van der Waals surface area (Å²) in [6.07, 6.45) is 5.82. The van der Waals surface area contributed by atoms with Gasteiger partial charge in [0.25, 0.3) is 0 Å². The van der Waals surface area contributed by atoms with E-state index in [9.17, 15) is 0 Å². The van der Waals surface area contributed by atoms with Gasteiger partial charge in [0, 0.05) is 19.2 Å². The first-order valence-electron chi connectivity index (χ1n) is 6.22. The normalized spacial score (nSPS) is 14.7. The van der Waals surface area contributed by atoms with Crippen molar-refractivity contribution in [3.8, 4) is 0 Å². The predicted molar refractivity (Wildman–Crippen MR) is 73.8 cm³/mol. The average molecular weight is 252 g/mol. The van der Waals surface area contributed by atoms with Crippen molar-refractivity contribution in [2.24, 2.45) is 5.92 Å². The van der Waals surface area contributed by atoms with Crippen molar-refractivity contribution in [1.82, 2.24) is 9.97 Å². The lowest BCUT2D eigenvalue weighted by atomic mass is 10.4. The molecule has 0 radical (unpaired) electrons. The third-order valence-corrected chi connectivity index (χ3v) is 3.26. The smallest absolute Gasteiger partial charge is 0.191 e. The van der Waals surface area contributed by atoms with Crippen LogP contribution in [-0.2, 0) is 0 Å². The minimum atomic E-state index is 0.824. The first-order valence-corrected chi connectivity index (χ1v) is 7.45. The second-order valence-electron chi connectivity index (χ2n) is 4.38. The highest BCUT2D eigenvalue weighted by molar-refractivity contribution is 7.98. The van der Waals surface area contributed by atoms with Gasteiger partial charge in [0.05, 0.1) is 0 Å². The molecule has 1 saturated carbocycles. The topological polar surface area (TPSA) is 49.8 Å². The minimum absolute atomic E-state index is 0.824. The Morgan fingerprint density at radius 2 is 2.00 bits per heavy atom. The van der Waals surface area contributed by atoms with Crippen molar-refractivity contribution in [3.05, 3.63) is 6.07 Å². The van der Waals surface area contributed by atoms with Crippen molar-refractivity contribution >= 4 is 23.4 Å². The van der Waals surface area contributed by atoms with Crippen LogP contribution in [-0.4, -0.2) is 29.3 Å². The maximum atomic E-state index is 4.46. The van der Waals surface area contributed by atoms with Crippen LogP contribution in [0, 0.1) is 5.92 Å². The summed E-state index contributed by atoms with van der Waals surface area (Å²) in [6.45, 7) is 4.14. The van der Waals surface area contributed by atoms with Gasteiger partial charge in [-0.3, -0.25) is 0 Å². The number of anilines is 2. The zero-order valence-electron chi connectivity index (χ0n) is 10.5. The standard InChI is InChI=1S/C12H20N4S/c1-3-6-13-10-7-11(14-8-9-4-5-9)16-12(15-10)17-2/h7,9H,3-6,8H2,1-2H3,(H2,13,14,15,16). The molecule has 2 rings (SSSR count). The lowest BCUT2D eigenvalue weighted by Gasteiger charge is -2.09. The van der Waals surface area contributed by atoms with Crippen LogP contribution in [0.2, 0.25) is 0 Å². The highest BCUT2D eigenvalue weighted by Crippen LogP contribution is 2.29. The van der Waals surface area contributed by atoms with Gasteiger partial charge in [-0.2, -0.15) is 0 Å². The van der Waals surface area contributed by atoms with Gasteiger partial charge in [-0.15, -0.1) is 0 Å². The summed E-state index contributed by atoms with van der Waals surface area (Å²) in [4.78, 5) is 8.89. The molecule has 1 heterocycles. The summed E-state index contributed by atoms with van der Waals surface area (Å²) in [5.41, 5.74) is 0. The van der Waals surface area contributed by atoms with E-state index in [1.54, 1.807) is 11.8 Å². The van der Waals surface area contributed by atoms with Crippen LogP contribution in [0.1, 0.15) is 26.2 Å². The van der Waals surface area contributed by atoms with Gasteiger partial charge in [-0.25, -0.2) is 9.97 Å². The molecule has 0 spiro atoms.